The Labute approximate surface area is 126 Å². The van der Waals surface area contributed by atoms with Crippen LogP contribution in [-0.4, -0.2) is 12.1 Å². The van der Waals surface area contributed by atoms with Gasteiger partial charge < -0.3 is 10.2 Å². The summed E-state index contributed by atoms with van der Waals surface area (Å²) in [6, 6.07) is 18.9. The van der Waals surface area contributed by atoms with Crippen LogP contribution in [0.2, 0.25) is 0 Å². The number of hydrogen-bond acceptors (Lipinski definition) is 2. The van der Waals surface area contributed by atoms with Crippen LogP contribution in [0.5, 0.6) is 0 Å². The quantitative estimate of drug-likeness (QED) is 0.908. The van der Waals surface area contributed by atoms with Crippen molar-refractivity contribution in [3.8, 4) is 0 Å². The average Bonchev–Trinajstić information content (AvgIpc) is 3.27. The zero-order valence-corrected chi connectivity index (χ0v) is 12.5. The second kappa shape index (κ2) is 5.19. The predicted octanol–water partition coefficient (Wildman–Crippen LogP) is 4.02. The highest BCUT2D eigenvalue weighted by atomic mass is 15.2. The lowest BCUT2D eigenvalue weighted by Gasteiger charge is -2.27. The van der Waals surface area contributed by atoms with Crippen LogP contribution in [0.1, 0.15) is 30.9 Å². The fraction of sp³-hybridized carbons (Fsp3) is 0.368. The van der Waals surface area contributed by atoms with Crippen molar-refractivity contribution in [1.82, 2.24) is 5.32 Å². The summed E-state index contributed by atoms with van der Waals surface area (Å²) in [7, 11) is 0. The summed E-state index contributed by atoms with van der Waals surface area (Å²) in [5.41, 5.74) is 5.62. The highest BCUT2D eigenvalue weighted by Crippen LogP contribution is 2.39. The summed E-state index contributed by atoms with van der Waals surface area (Å²) in [5, 5.41) is 3.65. The number of anilines is 2. The molecule has 2 heteroatoms. The zero-order valence-electron chi connectivity index (χ0n) is 12.5. The Hall–Kier alpha value is -1.80. The van der Waals surface area contributed by atoms with Gasteiger partial charge in [0.05, 0.1) is 0 Å². The van der Waals surface area contributed by atoms with Gasteiger partial charge in [-0.3, -0.25) is 0 Å². The molecule has 1 heterocycles. The van der Waals surface area contributed by atoms with Crippen LogP contribution in [0.15, 0.2) is 48.5 Å². The standard InChI is InChI=1S/C19H22N2/c1-14-12-15-6-2-4-8-18(15)21(14)19-9-5-3-7-16(19)13-20-17-10-11-17/h2-9,14,17,20H,10-13H2,1H3. The van der Waals surface area contributed by atoms with Crippen LogP contribution >= 0.6 is 0 Å². The van der Waals surface area contributed by atoms with E-state index in [2.05, 4.69) is 65.7 Å². The Kier molecular flexibility index (Phi) is 3.19. The largest absolute Gasteiger partial charge is 0.338 e. The van der Waals surface area contributed by atoms with Crippen LogP contribution in [0.3, 0.4) is 0 Å². The van der Waals surface area contributed by atoms with Crippen molar-refractivity contribution in [2.45, 2.75) is 44.8 Å². The topological polar surface area (TPSA) is 15.3 Å². The highest BCUT2D eigenvalue weighted by molar-refractivity contribution is 5.73. The molecule has 1 unspecified atom stereocenters. The summed E-state index contributed by atoms with van der Waals surface area (Å²) in [6.45, 7) is 3.30. The van der Waals surface area contributed by atoms with Crippen molar-refractivity contribution in [2.24, 2.45) is 0 Å². The molecule has 0 amide bonds. The number of hydrogen-bond donors (Lipinski definition) is 1. The molecule has 1 fully saturated rings. The fourth-order valence-electron chi connectivity index (χ4n) is 3.37. The molecular formula is C19H22N2. The molecule has 21 heavy (non-hydrogen) atoms. The number of nitrogens with zero attached hydrogens (tertiary/aromatic N) is 1. The molecule has 108 valence electrons. The van der Waals surface area contributed by atoms with Crippen molar-refractivity contribution in [1.29, 1.82) is 0 Å². The van der Waals surface area contributed by atoms with E-state index >= 15 is 0 Å². The molecule has 2 nitrogen and oxygen atoms in total. The van der Waals surface area contributed by atoms with Gasteiger partial charge in [0.1, 0.15) is 0 Å². The molecule has 2 aromatic rings. The van der Waals surface area contributed by atoms with Gasteiger partial charge in [-0.25, -0.2) is 0 Å². The summed E-state index contributed by atoms with van der Waals surface area (Å²) >= 11 is 0. The van der Waals surface area contributed by atoms with E-state index in [1.54, 1.807) is 0 Å². The van der Waals surface area contributed by atoms with Gasteiger partial charge in [0, 0.05) is 30.0 Å². The van der Waals surface area contributed by atoms with E-state index in [-0.39, 0.29) is 0 Å². The van der Waals surface area contributed by atoms with E-state index in [0.717, 1.165) is 19.0 Å². The second-order valence-electron chi connectivity index (χ2n) is 6.34. The number of benzene rings is 2. The zero-order chi connectivity index (χ0) is 14.2. The number of rotatable bonds is 4. The van der Waals surface area contributed by atoms with Crippen LogP contribution in [-0.2, 0) is 13.0 Å². The Morgan fingerprint density at radius 2 is 1.71 bits per heavy atom. The maximum absolute atomic E-state index is 3.65. The van der Waals surface area contributed by atoms with Crippen LogP contribution in [0.4, 0.5) is 11.4 Å². The first-order valence-electron chi connectivity index (χ1n) is 8.01. The molecule has 1 saturated carbocycles. The van der Waals surface area contributed by atoms with E-state index in [1.807, 2.05) is 0 Å². The van der Waals surface area contributed by atoms with Gasteiger partial charge in [-0.15, -0.1) is 0 Å². The molecule has 4 rings (SSSR count). The molecule has 0 aromatic heterocycles. The van der Waals surface area contributed by atoms with Gasteiger partial charge in [-0.1, -0.05) is 36.4 Å². The van der Waals surface area contributed by atoms with E-state index in [1.165, 1.54) is 35.3 Å². The smallest absolute Gasteiger partial charge is 0.0459 e. The average molecular weight is 278 g/mol. The van der Waals surface area contributed by atoms with E-state index in [4.69, 9.17) is 0 Å². The maximum atomic E-state index is 3.65. The normalized spacial score (nSPS) is 20.6. The minimum Gasteiger partial charge on any atom is -0.338 e. The molecule has 1 atom stereocenters. The van der Waals surface area contributed by atoms with Crippen LogP contribution in [0, 0.1) is 0 Å². The summed E-state index contributed by atoms with van der Waals surface area (Å²) in [6.07, 6.45) is 3.82. The van der Waals surface area contributed by atoms with Gasteiger partial charge in [-0.05, 0) is 49.4 Å². The lowest BCUT2D eigenvalue weighted by molar-refractivity contribution is 0.682. The van der Waals surface area contributed by atoms with Crippen molar-refractivity contribution in [3.05, 3.63) is 59.7 Å². The first kappa shape index (κ1) is 12.9. The van der Waals surface area contributed by atoms with Crippen LogP contribution in [0.25, 0.3) is 0 Å². The van der Waals surface area contributed by atoms with Crippen molar-refractivity contribution < 1.29 is 0 Å². The maximum Gasteiger partial charge on any atom is 0.0459 e. The van der Waals surface area contributed by atoms with Crippen molar-refractivity contribution in [2.75, 3.05) is 4.90 Å². The summed E-state index contributed by atoms with van der Waals surface area (Å²) in [4.78, 5) is 2.51. The number of nitrogens with one attached hydrogen (secondary N) is 1. The minimum atomic E-state index is 0.532. The molecule has 1 aliphatic heterocycles. The van der Waals surface area contributed by atoms with E-state index in [9.17, 15) is 0 Å². The van der Waals surface area contributed by atoms with Crippen molar-refractivity contribution >= 4 is 11.4 Å². The monoisotopic (exact) mass is 278 g/mol. The molecule has 2 aromatic carbocycles. The molecule has 1 N–H and O–H groups in total. The summed E-state index contributed by atoms with van der Waals surface area (Å²) < 4.78 is 0. The van der Waals surface area contributed by atoms with Crippen LogP contribution < -0.4 is 10.2 Å². The molecule has 0 radical (unpaired) electrons. The molecular weight excluding hydrogens is 256 g/mol. The molecule has 2 aliphatic rings. The Bertz CT molecular complexity index is 646. The van der Waals surface area contributed by atoms with Gasteiger partial charge >= 0.3 is 0 Å². The first-order chi connectivity index (χ1) is 10.3. The Balaban J connectivity index is 1.69. The predicted molar refractivity (Wildman–Crippen MR) is 88.1 cm³/mol. The lowest BCUT2D eigenvalue weighted by atomic mass is 10.1. The van der Waals surface area contributed by atoms with Crippen molar-refractivity contribution in [3.63, 3.8) is 0 Å². The highest BCUT2D eigenvalue weighted by Gasteiger charge is 2.28. The lowest BCUT2D eigenvalue weighted by Crippen LogP contribution is -2.26. The summed E-state index contributed by atoms with van der Waals surface area (Å²) in [5.74, 6) is 0. The van der Waals surface area contributed by atoms with Gasteiger partial charge in [0.2, 0.25) is 0 Å². The molecule has 0 bridgehead atoms. The molecule has 1 aliphatic carbocycles. The van der Waals surface area contributed by atoms with E-state index in [0.29, 0.717) is 6.04 Å². The van der Waals surface area contributed by atoms with E-state index < -0.39 is 0 Å². The third-order valence-corrected chi connectivity index (χ3v) is 4.62. The SMILES string of the molecule is CC1Cc2ccccc2N1c1ccccc1CNC1CC1. The van der Waals surface area contributed by atoms with Gasteiger partial charge in [0.15, 0.2) is 0 Å². The third kappa shape index (κ3) is 2.44. The Morgan fingerprint density at radius 1 is 1.00 bits per heavy atom. The van der Waals surface area contributed by atoms with Gasteiger partial charge in [-0.2, -0.15) is 0 Å². The molecule has 0 saturated heterocycles. The minimum absolute atomic E-state index is 0.532. The Morgan fingerprint density at radius 3 is 2.52 bits per heavy atom. The first-order valence-corrected chi connectivity index (χ1v) is 8.01. The fourth-order valence-corrected chi connectivity index (χ4v) is 3.37. The third-order valence-electron chi connectivity index (χ3n) is 4.62. The number of fused-ring (bicyclic) bond motifs is 1. The molecule has 0 spiro atoms. The van der Waals surface area contributed by atoms with Gasteiger partial charge in [0.25, 0.3) is 0 Å². The second-order valence-corrected chi connectivity index (χ2v) is 6.34. The number of para-hydroxylation sites is 2.